The maximum absolute atomic E-state index is 5.61. The lowest BCUT2D eigenvalue weighted by molar-refractivity contribution is 0.857. The number of hydrogen-bond donors (Lipinski definition) is 2. The van der Waals surface area contributed by atoms with Crippen LogP contribution in [0, 0.1) is 6.92 Å². The largest absolute Gasteiger partial charge is 0.358 e. The number of nitrogens with one attached hydrogen (secondary N) is 1. The van der Waals surface area contributed by atoms with Crippen molar-refractivity contribution >= 4 is 28.1 Å². The Morgan fingerprint density at radius 1 is 1.25 bits per heavy atom. The predicted molar refractivity (Wildman–Crippen MR) is 97.7 cm³/mol. The number of anilines is 3. The van der Waals surface area contributed by atoms with E-state index in [-0.39, 0.29) is 0 Å². The Morgan fingerprint density at radius 3 is 2.79 bits per heavy atom. The number of pyridine rings is 1. The first-order chi connectivity index (χ1) is 11.7. The van der Waals surface area contributed by atoms with Crippen LogP contribution in [-0.2, 0) is 0 Å². The maximum Gasteiger partial charge on any atom is 0.188 e. The lowest BCUT2D eigenvalue weighted by atomic mass is 10.2. The minimum atomic E-state index is 0.573. The number of likely N-dealkylation sites (N-methyl/N-ethyl adjacent to an activating group) is 1. The number of nitrogens with zero attached hydrogens (tertiary/aromatic N) is 5. The van der Waals surface area contributed by atoms with Crippen molar-refractivity contribution in [3.05, 3.63) is 42.6 Å². The average Bonchev–Trinajstić information content (AvgIpc) is 3.04. The average molecular weight is 341 g/mol. The number of aromatic nitrogens is 4. The van der Waals surface area contributed by atoms with E-state index in [1.165, 1.54) is 0 Å². The van der Waals surface area contributed by atoms with E-state index in [9.17, 15) is 0 Å². The van der Waals surface area contributed by atoms with Gasteiger partial charge in [0.1, 0.15) is 17.5 Å². The van der Waals surface area contributed by atoms with E-state index in [4.69, 9.17) is 5.73 Å². The Bertz CT molecular complexity index is 803. The summed E-state index contributed by atoms with van der Waals surface area (Å²) in [4.78, 5) is 20.4. The van der Waals surface area contributed by atoms with E-state index in [2.05, 4.69) is 25.3 Å². The van der Waals surface area contributed by atoms with E-state index in [0.29, 0.717) is 12.4 Å². The first kappa shape index (κ1) is 16.3. The predicted octanol–water partition coefficient (Wildman–Crippen LogP) is 2.44. The zero-order chi connectivity index (χ0) is 16.9. The second-order valence-electron chi connectivity index (χ2n) is 5.26. The van der Waals surface area contributed by atoms with Crippen molar-refractivity contribution < 1.29 is 0 Å². The van der Waals surface area contributed by atoms with Gasteiger partial charge in [-0.2, -0.15) is 0 Å². The fourth-order valence-electron chi connectivity index (χ4n) is 2.21. The molecular formula is C16H19N7S. The van der Waals surface area contributed by atoms with Crippen LogP contribution in [0.5, 0.6) is 0 Å². The Balaban J connectivity index is 1.80. The van der Waals surface area contributed by atoms with Gasteiger partial charge in [-0.15, -0.1) is 0 Å². The monoisotopic (exact) mass is 341 g/mol. The van der Waals surface area contributed by atoms with Crippen LogP contribution in [0.1, 0.15) is 5.82 Å². The number of hydrogen-bond acceptors (Lipinski definition) is 8. The van der Waals surface area contributed by atoms with Gasteiger partial charge in [-0.1, -0.05) is 11.3 Å². The van der Waals surface area contributed by atoms with Gasteiger partial charge in [0.25, 0.3) is 0 Å². The Hall–Kier alpha value is -2.58. The molecule has 8 heteroatoms. The standard InChI is InChI=1S/C16H19N7S/c1-11-20-14(9-15(21-11)23(2)8-5-17)22-16-19-10-13(24-16)12-3-6-18-7-4-12/h3-4,6-7,9-10H,5,8,17H2,1-2H3,(H,19,20,21,22). The van der Waals surface area contributed by atoms with Crippen molar-refractivity contribution in [1.29, 1.82) is 0 Å². The van der Waals surface area contributed by atoms with Gasteiger partial charge >= 0.3 is 0 Å². The van der Waals surface area contributed by atoms with Crippen LogP contribution in [0.25, 0.3) is 10.4 Å². The van der Waals surface area contributed by atoms with E-state index in [0.717, 1.165) is 33.8 Å². The molecule has 0 atom stereocenters. The number of nitrogens with two attached hydrogens (primary N) is 1. The fourth-order valence-corrected chi connectivity index (χ4v) is 3.04. The first-order valence-corrected chi connectivity index (χ1v) is 8.37. The van der Waals surface area contributed by atoms with E-state index in [1.54, 1.807) is 23.7 Å². The summed E-state index contributed by atoms with van der Waals surface area (Å²) in [7, 11) is 1.96. The van der Waals surface area contributed by atoms with Gasteiger partial charge in [0.05, 0.1) is 4.88 Å². The Morgan fingerprint density at radius 2 is 2.04 bits per heavy atom. The van der Waals surface area contributed by atoms with Crippen LogP contribution >= 0.6 is 11.3 Å². The van der Waals surface area contributed by atoms with Gasteiger partial charge in [-0.3, -0.25) is 4.98 Å². The van der Waals surface area contributed by atoms with Crippen LogP contribution < -0.4 is 16.0 Å². The Labute approximate surface area is 144 Å². The molecule has 24 heavy (non-hydrogen) atoms. The zero-order valence-corrected chi connectivity index (χ0v) is 14.4. The van der Waals surface area contributed by atoms with Crippen molar-refractivity contribution in [3.8, 4) is 10.4 Å². The van der Waals surface area contributed by atoms with Crippen LogP contribution in [0.4, 0.5) is 16.8 Å². The third kappa shape index (κ3) is 3.84. The summed E-state index contributed by atoms with van der Waals surface area (Å²) in [5.41, 5.74) is 6.71. The maximum atomic E-state index is 5.61. The molecule has 3 aromatic rings. The molecule has 3 aromatic heterocycles. The third-order valence-corrected chi connectivity index (χ3v) is 4.35. The minimum absolute atomic E-state index is 0.573. The smallest absolute Gasteiger partial charge is 0.188 e. The molecule has 0 saturated heterocycles. The molecule has 3 rings (SSSR count). The molecule has 0 saturated carbocycles. The molecule has 0 aliphatic heterocycles. The molecule has 0 aliphatic rings. The normalized spacial score (nSPS) is 10.6. The lowest BCUT2D eigenvalue weighted by Crippen LogP contribution is -2.26. The van der Waals surface area contributed by atoms with Gasteiger partial charge in [-0.05, 0) is 24.6 Å². The fraction of sp³-hybridized carbons (Fsp3) is 0.250. The molecule has 0 fully saturated rings. The van der Waals surface area contributed by atoms with E-state index in [1.807, 2.05) is 43.3 Å². The zero-order valence-electron chi connectivity index (χ0n) is 13.6. The molecule has 0 amide bonds. The molecule has 0 unspecified atom stereocenters. The van der Waals surface area contributed by atoms with Crippen molar-refractivity contribution in [2.24, 2.45) is 5.73 Å². The molecule has 7 nitrogen and oxygen atoms in total. The van der Waals surface area contributed by atoms with Crippen LogP contribution in [0.3, 0.4) is 0 Å². The molecule has 3 N–H and O–H groups in total. The van der Waals surface area contributed by atoms with Crippen molar-refractivity contribution in [1.82, 2.24) is 19.9 Å². The van der Waals surface area contributed by atoms with Crippen molar-refractivity contribution in [2.75, 3.05) is 30.4 Å². The lowest BCUT2D eigenvalue weighted by Gasteiger charge is -2.18. The van der Waals surface area contributed by atoms with Crippen LogP contribution in [0.15, 0.2) is 36.8 Å². The summed E-state index contributed by atoms with van der Waals surface area (Å²) in [6, 6.07) is 5.83. The van der Waals surface area contributed by atoms with Gasteiger partial charge in [-0.25, -0.2) is 15.0 Å². The van der Waals surface area contributed by atoms with Gasteiger partial charge in [0, 0.05) is 44.8 Å². The molecular weight excluding hydrogens is 322 g/mol. The summed E-state index contributed by atoms with van der Waals surface area (Å²) in [5, 5.41) is 4.04. The molecule has 124 valence electrons. The second kappa shape index (κ2) is 7.33. The summed E-state index contributed by atoms with van der Waals surface area (Å²) in [5.74, 6) is 2.25. The van der Waals surface area contributed by atoms with Gasteiger partial charge in [0.15, 0.2) is 5.13 Å². The summed E-state index contributed by atoms with van der Waals surface area (Å²) in [6.07, 6.45) is 5.39. The number of aryl methyl sites for hydroxylation is 1. The van der Waals surface area contributed by atoms with E-state index >= 15 is 0 Å². The number of thiazole rings is 1. The molecule has 0 bridgehead atoms. The van der Waals surface area contributed by atoms with Crippen LogP contribution in [-0.4, -0.2) is 40.1 Å². The SMILES string of the molecule is Cc1nc(Nc2ncc(-c3ccncc3)s2)cc(N(C)CCN)n1. The molecule has 0 aromatic carbocycles. The van der Waals surface area contributed by atoms with E-state index < -0.39 is 0 Å². The topological polar surface area (TPSA) is 92.9 Å². The first-order valence-electron chi connectivity index (χ1n) is 7.56. The third-order valence-electron chi connectivity index (χ3n) is 3.39. The summed E-state index contributed by atoms with van der Waals surface area (Å²) < 4.78 is 0. The highest BCUT2D eigenvalue weighted by Crippen LogP contribution is 2.30. The van der Waals surface area contributed by atoms with Crippen LogP contribution in [0.2, 0.25) is 0 Å². The number of rotatable bonds is 6. The van der Waals surface area contributed by atoms with Crippen molar-refractivity contribution in [3.63, 3.8) is 0 Å². The Kier molecular flexibility index (Phi) is 4.97. The molecule has 0 aliphatic carbocycles. The molecule has 3 heterocycles. The minimum Gasteiger partial charge on any atom is -0.358 e. The molecule has 0 spiro atoms. The highest BCUT2D eigenvalue weighted by molar-refractivity contribution is 7.18. The van der Waals surface area contributed by atoms with Gasteiger partial charge < -0.3 is 16.0 Å². The highest BCUT2D eigenvalue weighted by atomic mass is 32.1. The summed E-state index contributed by atoms with van der Waals surface area (Å²) >= 11 is 1.57. The molecule has 0 radical (unpaired) electrons. The van der Waals surface area contributed by atoms with Gasteiger partial charge in [0.2, 0.25) is 0 Å². The summed E-state index contributed by atoms with van der Waals surface area (Å²) in [6.45, 7) is 3.18. The quantitative estimate of drug-likeness (QED) is 0.711. The highest BCUT2D eigenvalue weighted by Gasteiger charge is 2.09. The van der Waals surface area contributed by atoms with Crippen molar-refractivity contribution in [2.45, 2.75) is 6.92 Å². The second-order valence-corrected chi connectivity index (χ2v) is 6.29.